The Morgan fingerprint density at radius 2 is 1.76 bits per heavy atom. The third kappa shape index (κ3) is 4.71. The molecule has 2 heterocycles. The number of nitrogens with zero attached hydrogens (tertiary/aromatic N) is 3. The van der Waals surface area contributed by atoms with Gasteiger partial charge in [-0.25, -0.2) is 8.78 Å². The normalized spacial score (nSPS) is 16.3. The SMILES string of the molecule is O=C(CSc1nnc(-c2ccc(F)cc2)n1C[C@H]1CCCO1)c1ccc(F)cc1. The third-order valence-corrected chi connectivity index (χ3v) is 5.69. The van der Waals surface area contributed by atoms with Crippen molar-refractivity contribution in [1.29, 1.82) is 0 Å². The zero-order valence-corrected chi connectivity index (χ0v) is 16.4. The summed E-state index contributed by atoms with van der Waals surface area (Å²) in [5.74, 6) is -0.0614. The van der Waals surface area contributed by atoms with Crippen molar-refractivity contribution in [2.75, 3.05) is 12.4 Å². The number of hydrogen-bond donors (Lipinski definition) is 0. The van der Waals surface area contributed by atoms with E-state index >= 15 is 0 Å². The Hall–Kier alpha value is -2.58. The van der Waals surface area contributed by atoms with Crippen molar-refractivity contribution >= 4 is 17.5 Å². The van der Waals surface area contributed by atoms with Crippen molar-refractivity contribution in [3.63, 3.8) is 0 Å². The fraction of sp³-hybridized carbons (Fsp3) is 0.286. The molecule has 0 radical (unpaired) electrons. The molecule has 1 atom stereocenters. The molecule has 150 valence electrons. The predicted molar refractivity (Wildman–Crippen MR) is 106 cm³/mol. The molecule has 1 aliphatic heterocycles. The van der Waals surface area contributed by atoms with E-state index in [0.29, 0.717) is 23.1 Å². The van der Waals surface area contributed by atoms with Crippen LogP contribution in [0.5, 0.6) is 0 Å². The van der Waals surface area contributed by atoms with Gasteiger partial charge in [0, 0.05) is 17.7 Å². The summed E-state index contributed by atoms with van der Waals surface area (Å²) in [4.78, 5) is 12.4. The van der Waals surface area contributed by atoms with E-state index in [1.165, 1.54) is 48.2 Å². The summed E-state index contributed by atoms with van der Waals surface area (Å²) >= 11 is 1.27. The van der Waals surface area contributed by atoms with Crippen LogP contribution in [-0.4, -0.2) is 39.0 Å². The second-order valence-corrected chi connectivity index (χ2v) is 7.72. The van der Waals surface area contributed by atoms with E-state index in [1.807, 2.05) is 4.57 Å². The van der Waals surface area contributed by atoms with Crippen LogP contribution in [0.3, 0.4) is 0 Å². The van der Waals surface area contributed by atoms with Crippen LogP contribution in [0.4, 0.5) is 8.78 Å². The summed E-state index contributed by atoms with van der Waals surface area (Å²) in [6.07, 6.45) is 2.00. The molecule has 1 saturated heterocycles. The lowest BCUT2D eigenvalue weighted by molar-refractivity contribution is 0.0953. The third-order valence-electron chi connectivity index (χ3n) is 4.73. The molecule has 1 aromatic heterocycles. The maximum absolute atomic E-state index is 13.3. The number of hydrogen-bond acceptors (Lipinski definition) is 5. The molecule has 1 aliphatic rings. The molecule has 0 saturated carbocycles. The summed E-state index contributed by atoms with van der Waals surface area (Å²) in [6, 6.07) is 11.6. The van der Waals surface area contributed by atoms with E-state index in [-0.39, 0.29) is 29.3 Å². The molecule has 1 fully saturated rings. The number of aromatic nitrogens is 3. The van der Waals surface area contributed by atoms with E-state index < -0.39 is 0 Å². The number of ether oxygens (including phenoxy) is 1. The van der Waals surface area contributed by atoms with Gasteiger partial charge in [0.25, 0.3) is 0 Å². The second kappa shape index (κ2) is 8.84. The van der Waals surface area contributed by atoms with Gasteiger partial charge in [0.15, 0.2) is 16.8 Å². The number of rotatable bonds is 7. The molecular weight excluding hydrogens is 396 g/mol. The first kappa shape index (κ1) is 19.7. The summed E-state index contributed by atoms with van der Waals surface area (Å²) in [5.41, 5.74) is 1.19. The second-order valence-electron chi connectivity index (χ2n) is 6.78. The standard InChI is InChI=1S/C21H19F2N3O2S/c22-16-7-3-14(4-8-16)19(27)13-29-21-25-24-20(15-5-9-17(23)10-6-15)26(21)12-18-2-1-11-28-18/h3-10,18H,1-2,11-13H2/t18-/m1/s1. The molecule has 29 heavy (non-hydrogen) atoms. The first-order valence-corrected chi connectivity index (χ1v) is 10.3. The largest absolute Gasteiger partial charge is 0.376 e. The number of ketones is 1. The maximum Gasteiger partial charge on any atom is 0.192 e. The fourth-order valence-electron chi connectivity index (χ4n) is 3.21. The number of carbonyl (C=O) groups excluding carboxylic acids is 1. The Balaban J connectivity index is 1.55. The van der Waals surface area contributed by atoms with Gasteiger partial charge in [-0.15, -0.1) is 10.2 Å². The Morgan fingerprint density at radius 1 is 1.07 bits per heavy atom. The van der Waals surface area contributed by atoms with Gasteiger partial charge in [-0.3, -0.25) is 9.36 Å². The van der Waals surface area contributed by atoms with Crippen LogP contribution in [0.15, 0.2) is 53.7 Å². The van der Waals surface area contributed by atoms with Crippen molar-refractivity contribution in [3.8, 4) is 11.4 Å². The van der Waals surface area contributed by atoms with E-state index in [2.05, 4.69) is 10.2 Å². The molecule has 0 spiro atoms. The Morgan fingerprint density at radius 3 is 2.41 bits per heavy atom. The van der Waals surface area contributed by atoms with Crippen LogP contribution in [-0.2, 0) is 11.3 Å². The zero-order chi connectivity index (χ0) is 20.2. The van der Waals surface area contributed by atoms with Gasteiger partial charge in [0.1, 0.15) is 11.6 Å². The highest BCUT2D eigenvalue weighted by atomic mass is 32.2. The van der Waals surface area contributed by atoms with Crippen molar-refractivity contribution in [3.05, 3.63) is 65.7 Å². The van der Waals surface area contributed by atoms with Crippen molar-refractivity contribution in [2.24, 2.45) is 0 Å². The van der Waals surface area contributed by atoms with Crippen LogP contribution < -0.4 is 0 Å². The van der Waals surface area contributed by atoms with E-state index in [1.54, 1.807) is 12.1 Å². The van der Waals surface area contributed by atoms with Crippen LogP contribution in [0.25, 0.3) is 11.4 Å². The number of halogens is 2. The minimum atomic E-state index is -0.380. The monoisotopic (exact) mass is 415 g/mol. The Labute approximate surface area is 171 Å². The smallest absolute Gasteiger partial charge is 0.192 e. The number of benzene rings is 2. The summed E-state index contributed by atoms with van der Waals surface area (Å²) in [6.45, 7) is 1.29. The summed E-state index contributed by atoms with van der Waals surface area (Å²) in [5, 5.41) is 9.12. The van der Waals surface area contributed by atoms with E-state index in [9.17, 15) is 13.6 Å². The highest BCUT2D eigenvalue weighted by Gasteiger charge is 2.22. The molecule has 0 unspecified atom stereocenters. The molecule has 4 rings (SSSR count). The fourth-order valence-corrected chi connectivity index (χ4v) is 4.06. The first-order valence-electron chi connectivity index (χ1n) is 9.32. The summed E-state index contributed by atoms with van der Waals surface area (Å²) < 4.78 is 34.0. The topological polar surface area (TPSA) is 57.0 Å². The molecule has 5 nitrogen and oxygen atoms in total. The Kier molecular flexibility index (Phi) is 6.01. The van der Waals surface area contributed by atoms with Gasteiger partial charge in [0.2, 0.25) is 0 Å². The number of carbonyl (C=O) groups is 1. The number of thioether (sulfide) groups is 1. The van der Waals surface area contributed by atoms with Gasteiger partial charge < -0.3 is 4.74 Å². The van der Waals surface area contributed by atoms with Gasteiger partial charge in [-0.2, -0.15) is 0 Å². The van der Waals surface area contributed by atoms with E-state index in [4.69, 9.17) is 4.74 Å². The van der Waals surface area contributed by atoms with Gasteiger partial charge in [0.05, 0.1) is 18.4 Å². The maximum atomic E-state index is 13.3. The molecular formula is C21H19F2N3O2S. The summed E-state index contributed by atoms with van der Waals surface area (Å²) in [7, 11) is 0. The minimum absolute atomic E-state index is 0.0531. The van der Waals surface area contributed by atoms with Gasteiger partial charge in [-0.1, -0.05) is 11.8 Å². The average molecular weight is 415 g/mol. The zero-order valence-electron chi connectivity index (χ0n) is 15.6. The van der Waals surface area contributed by atoms with Crippen molar-refractivity contribution < 1.29 is 18.3 Å². The quantitative estimate of drug-likeness (QED) is 0.424. The lowest BCUT2D eigenvalue weighted by atomic mass is 10.1. The molecule has 0 bridgehead atoms. The molecule has 0 amide bonds. The highest BCUT2D eigenvalue weighted by molar-refractivity contribution is 7.99. The lowest BCUT2D eigenvalue weighted by Crippen LogP contribution is -2.17. The van der Waals surface area contributed by atoms with Crippen LogP contribution in [0.2, 0.25) is 0 Å². The minimum Gasteiger partial charge on any atom is -0.376 e. The van der Waals surface area contributed by atoms with E-state index in [0.717, 1.165) is 25.0 Å². The molecule has 0 N–H and O–H groups in total. The Bertz CT molecular complexity index is 984. The van der Waals surface area contributed by atoms with Gasteiger partial charge >= 0.3 is 0 Å². The number of Topliss-reactive ketones (excluding diaryl/α,β-unsaturated/α-hetero) is 1. The van der Waals surface area contributed by atoms with Crippen molar-refractivity contribution in [1.82, 2.24) is 14.8 Å². The van der Waals surface area contributed by atoms with Crippen molar-refractivity contribution in [2.45, 2.75) is 30.6 Å². The molecule has 2 aromatic carbocycles. The lowest BCUT2D eigenvalue weighted by Gasteiger charge is -2.14. The first-order chi connectivity index (χ1) is 14.1. The van der Waals surface area contributed by atoms with Crippen LogP contribution in [0.1, 0.15) is 23.2 Å². The molecule has 8 heteroatoms. The van der Waals surface area contributed by atoms with Crippen LogP contribution >= 0.6 is 11.8 Å². The highest BCUT2D eigenvalue weighted by Crippen LogP contribution is 2.27. The predicted octanol–water partition coefficient (Wildman–Crippen LogP) is 4.38. The average Bonchev–Trinajstić information content (AvgIpc) is 3.38. The van der Waals surface area contributed by atoms with Crippen LogP contribution in [0, 0.1) is 11.6 Å². The molecule has 3 aromatic rings. The van der Waals surface area contributed by atoms with Gasteiger partial charge in [-0.05, 0) is 61.4 Å². The molecule has 0 aliphatic carbocycles.